The standard InChI is InChI=1S/C11H13NO/c1-9(2)11(13)12-8-10-6-4-3-5-7-10/h3-7H,1,8H2,2H3,(H,12,13)/i1D2,2D3. The van der Waals surface area contributed by atoms with E-state index in [0.717, 1.165) is 5.56 Å². The van der Waals surface area contributed by atoms with E-state index in [9.17, 15) is 4.79 Å². The largest absolute Gasteiger partial charge is 0.348 e. The Bertz CT molecular complexity index is 448. The molecule has 13 heavy (non-hydrogen) atoms. The number of rotatable bonds is 3. The Balaban J connectivity index is 2.74. The van der Waals surface area contributed by atoms with Crippen molar-refractivity contribution in [3.8, 4) is 0 Å². The molecule has 1 amide bonds. The second kappa shape index (κ2) is 4.45. The van der Waals surface area contributed by atoms with Crippen molar-refractivity contribution in [2.75, 3.05) is 0 Å². The van der Waals surface area contributed by atoms with Crippen molar-refractivity contribution in [2.24, 2.45) is 0 Å². The lowest BCUT2D eigenvalue weighted by atomic mass is 10.2. The molecule has 0 heterocycles. The van der Waals surface area contributed by atoms with Crippen LogP contribution in [-0.4, -0.2) is 5.91 Å². The van der Waals surface area contributed by atoms with Crippen molar-refractivity contribution < 1.29 is 11.6 Å². The maximum absolute atomic E-state index is 11.6. The Morgan fingerprint density at radius 2 is 2.38 bits per heavy atom. The Hall–Kier alpha value is -1.57. The van der Waals surface area contributed by atoms with Gasteiger partial charge in [-0.1, -0.05) is 36.9 Å². The lowest BCUT2D eigenvalue weighted by Crippen LogP contribution is -2.22. The number of hydrogen-bond acceptors (Lipinski definition) is 1. The van der Waals surface area contributed by atoms with Crippen LogP contribution in [0.1, 0.15) is 19.3 Å². The molecule has 0 spiro atoms. The van der Waals surface area contributed by atoms with Gasteiger partial charge in [-0.05, 0) is 12.4 Å². The Kier molecular flexibility index (Phi) is 1.58. The van der Waals surface area contributed by atoms with Crippen LogP contribution in [0.5, 0.6) is 0 Å². The molecule has 0 unspecified atom stereocenters. The summed E-state index contributed by atoms with van der Waals surface area (Å²) in [7, 11) is 0. The number of amides is 1. The third-order valence-electron chi connectivity index (χ3n) is 1.52. The molecule has 1 aromatic carbocycles. The van der Waals surface area contributed by atoms with Crippen molar-refractivity contribution in [1.29, 1.82) is 0 Å². The molecule has 1 rings (SSSR count). The smallest absolute Gasteiger partial charge is 0.246 e. The summed E-state index contributed by atoms with van der Waals surface area (Å²) >= 11 is 0. The van der Waals surface area contributed by atoms with E-state index in [-0.39, 0.29) is 6.54 Å². The lowest BCUT2D eigenvalue weighted by molar-refractivity contribution is -0.117. The van der Waals surface area contributed by atoms with Crippen molar-refractivity contribution in [3.63, 3.8) is 0 Å². The highest BCUT2D eigenvalue weighted by atomic mass is 16.1. The van der Waals surface area contributed by atoms with Crippen molar-refractivity contribution in [3.05, 3.63) is 48.0 Å². The first-order chi connectivity index (χ1) is 8.32. The van der Waals surface area contributed by atoms with Gasteiger partial charge in [0.1, 0.15) is 0 Å². The van der Waals surface area contributed by atoms with Crippen molar-refractivity contribution in [1.82, 2.24) is 5.32 Å². The molecule has 0 saturated carbocycles. The highest BCUT2D eigenvalue weighted by Crippen LogP contribution is 1.97. The zero-order valence-corrected chi connectivity index (χ0v) is 7.00. The third kappa shape index (κ3) is 3.11. The van der Waals surface area contributed by atoms with Gasteiger partial charge in [-0.25, -0.2) is 0 Å². The molecule has 0 saturated heterocycles. The molecule has 1 N–H and O–H groups in total. The Labute approximate surface area is 85.3 Å². The molecule has 68 valence electrons. The van der Waals surface area contributed by atoms with E-state index in [0.29, 0.717) is 0 Å². The summed E-state index contributed by atoms with van der Waals surface area (Å²) in [4.78, 5) is 11.6. The average molecular weight is 180 g/mol. The first-order valence-electron chi connectivity index (χ1n) is 6.32. The summed E-state index contributed by atoms with van der Waals surface area (Å²) in [5.41, 5.74) is 0.0192. The van der Waals surface area contributed by atoms with Crippen LogP contribution in [0.25, 0.3) is 0 Å². The Morgan fingerprint density at radius 1 is 1.62 bits per heavy atom. The Morgan fingerprint density at radius 3 is 3.00 bits per heavy atom. The summed E-state index contributed by atoms with van der Waals surface area (Å²) < 4.78 is 35.4. The van der Waals surface area contributed by atoms with Gasteiger partial charge < -0.3 is 5.32 Å². The quantitative estimate of drug-likeness (QED) is 0.707. The molecule has 0 aliphatic carbocycles. The van der Waals surface area contributed by atoms with E-state index in [1.165, 1.54) is 0 Å². The van der Waals surface area contributed by atoms with Crippen LogP contribution in [-0.2, 0) is 11.3 Å². The number of benzene rings is 1. The number of carbonyl (C=O) groups is 1. The molecular weight excluding hydrogens is 162 g/mol. The summed E-state index contributed by atoms with van der Waals surface area (Å²) in [5, 5.41) is 2.39. The summed E-state index contributed by atoms with van der Waals surface area (Å²) in [6.45, 7) is -3.58. The predicted molar refractivity (Wildman–Crippen MR) is 53.1 cm³/mol. The van der Waals surface area contributed by atoms with Gasteiger partial charge in [-0.15, -0.1) is 0 Å². The van der Waals surface area contributed by atoms with Gasteiger partial charge in [-0.3, -0.25) is 4.79 Å². The minimum Gasteiger partial charge on any atom is -0.348 e. The van der Waals surface area contributed by atoms with Crippen LogP contribution >= 0.6 is 0 Å². The maximum atomic E-state index is 11.6. The molecule has 1 aromatic rings. The van der Waals surface area contributed by atoms with Crippen LogP contribution < -0.4 is 5.32 Å². The molecule has 0 atom stereocenters. The fourth-order valence-electron chi connectivity index (χ4n) is 0.867. The first-order valence-corrected chi connectivity index (χ1v) is 3.82. The van der Waals surface area contributed by atoms with E-state index in [4.69, 9.17) is 6.85 Å². The zero-order valence-electron chi connectivity index (χ0n) is 12.0. The highest BCUT2D eigenvalue weighted by Gasteiger charge is 1.99. The third-order valence-corrected chi connectivity index (χ3v) is 1.52. The van der Waals surface area contributed by atoms with Crippen LogP contribution in [0.4, 0.5) is 0 Å². The van der Waals surface area contributed by atoms with E-state index in [1.54, 1.807) is 24.3 Å². The highest BCUT2D eigenvalue weighted by molar-refractivity contribution is 5.91. The van der Waals surface area contributed by atoms with E-state index in [1.807, 2.05) is 6.07 Å². The molecule has 0 bridgehead atoms. The van der Waals surface area contributed by atoms with Crippen molar-refractivity contribution in [2.45, 2.75) is 13.4 Å². The zero-order chi connectivity index (χ0) is 13.8. The van der Waals surface area contributed by atoms with Gasteiger partial charge in [0, 0.05) is 16.2 Å². The monoisotopic (exact) mass is 180 g/mol. The predicted octanol–water partition coefficient (Wildman–Crippen LogP) is 1.88. The topological polar surface area (TPSA) is 29.1 Å². The number of hydrogen-bond donors (Lipinski definition) is 1. The van der Waals surface area contributed by atoms with Crippen molar-refractivity contribution >= 4 is 5.91 Å². The van der Waals surface area contributed by atoms with Gasteiger partial charge in [0.2, 0.25) is 5.91 Å². The molecular formula is C11H13NO. The number of carbonyl (C=O) groups excluding carboxylic acids is 1. The van der Waals surface area contributed by atoms with Gasteiger partial charge >= 0.3 is 0 Å². The first kappa shape index (κ1) is 4.61. The van der Waals surface area contributed by atoms with Crippen LogP contribution in [0.15, 0.2) is 42.4 Å². The van der Waals surface area contributed by atoms with E-state index in [2.05, 4.69) is 5.32 Å². The molecule has 0 fully saturated rings. The molecule has 0 aliphatic heterocycles. The normalized spacial score (nSPS) is 15.5. The summed E-state index contributed by atoms with van der Waals surface area (Å²) in [5.74, 6) is -0.904. The average Bonchev–Trinajstić information content (AvgIpc) is 2.25. The van der Waals surface area contributed by atoms with Crippen LogP contribution in [0.3, 0.4) is 0 Å². The SMILES string of the molecule is [2H]C([2H])=C(C(=O)NCc1ccccc1)C([2H])([2H])[2H]. The second-order valence-corrected chi connectivity index (χ2v) is 2.54. The van der Waals surface area contributed by atoms with Gasteiger partial charge in [0.15, 0.2) is 0 Å². The number of nitrogens with one attached hydrogen (secondary N) is 1. The van der Waals surface area contributed by atoms with Gasteiger partial charge in [0.05, 0.1) is 2.74 Å². The fraction of sp³-hybridized carbons (Fsp3) is 0.182. The van der Waals surface area contributed by atoms with Crippen LogP contribution in [0.2, 0.25) is 0 Å². The molecule has 2 heteroatoms. The lowest BCUT2D eigenvalue weighted by Gasteiger charge is -2.03. The van der Waals surface area contributed by atoms with E-state index < -0.39 is 24.9 Å². The fourth-order valence-corrected chi connectivity index (χ4v) is 0.867. The summed E-state index contributed by atoms with van der Waals surface area (Å²) in [6.07, 6.45) is 0. The minimum absolute atomic E-state index is 0.159. The van der Waals surface area contributed by atoms with E-state index >= 15 is 0 Å². The molecule has 0 aromatic heterocycles. The van der Waals surface area contributed by atoms with Crippen LogP contribution in [0, 0.1) is 0 Å². The molecule has 0 radical (unpaired) electrons. The van der Waals surface area contributed by atoms with Gasteiger partial charge in [-0.2, -0.15) is 0 Å². The summed E-state index contributed by atoms with van der Waals surface area (Å²) in [6, 6.07) is 8.97. The van der Waals surface area contributed by atoms with Gasteiger partial charge in [0.25, 0.3) is 0 Å². The maximum Gasteiger partial charge on any atom is 0.246 e. The minimum atomic E-state index is -2.75. The second-order valence-electron chi connectivity index (χ2n) is 2.54. The molecule has 0 aliphatic rings. The molecule has 2 nitrogen and oxygen atoms in total.